The number of anilines is 2. The minimum Gasteiger partial charge on any atom is -0.359 e. The minimum absolute atomic E-state index is 0.123. The standard InChI is InChI=1S/C25H24N4OS/c1-16-11-13-27-21(14-16)28-23(20-10-7-12-26-15-20)22-17(2)18(3)31-25(22)29-24(30)19-8-5-4-6-9-19/h4-15,23H,1-3H3,(H,27,28)(H,29,30)/t23-/m0/s1. The minimum atomic E-state index is -0.209. The van der Waals surface area contributed by atoms with Crippen LogP contribution in [0.5, 0.6) is 0 Å². The lowest BCUT2D eigenvalue weighted by molar-refractivity contribution is 0.102. The maximum absolute atomic E-state index is 12.9. The molecular weight excluding hydrogens is 404 g/mol. The van der Waals surface area contributed by atoms with E-state index in [9.17, 15) is 4.79 Å². The van der Waals surface area contributed by atoms with Gasteiger partial charge >= 0.3 is 0 Å². The van der Waals surface area contributed by atoms with Crippen molar-refractivity contribution in [2.45, 2.75) is 26.8 Å². The maximum atomic E-state index is 12.9. The third-order valence-electron chi connectivity index (χ3n) is 5.21. The fourth-order valence-corrected chi connectivity index (χ4v) is 4.58. The highest BCUT2D eigenvalue weighted by Crippen LogP contribution is 2.40. The van der Waals surface area contributed by atoms with Crippen molar-refractivity contribution >= 4 is 28.1 Å². The van der Waals surface area contributed by atoms with E-state index in [1.54, 1.807) is 23.7 Å². The quantitative estimate of drug-likeness (QED) is 0.400. The Hall–Kier alpha value is -3.51. The second-order valence-electron chi connectivity index (χ2n) is 7.43. The normalized spacial score (nSPS) is 11.7. The Labute approximate surface area is 186 Å². The van der Waals surface area contributed by atoms with Crippen molar-refractivity contribution in [3.8, 4) is 0 Å². The molecule has 0 radical (unpaired) electrons. The van der Waals surface area contributed by atoms with E-state index in [0.717, 1.165) is 37.9 Å². The molecule has 0 bridgehead atoms. The van der Waals surface area contributed by atoms with Crippen molar-refractivity contribution in [1.29, 1.82) is 0 Å². The van der Waals surface area contributed by atoms with Gasteiger partial charge in [-0.1, -0.05) is 24.3 Å². The summed E-state index contributed by atoms with van der Waals surface area (Å²) in [6, 6.07) is 17.0. The van der Waals surface area contributed by atoms with Crippen LogP contribution in [0.15, 0.2) is 73.2 Å². The molecule has 1 aromatic carbocycles. The Balaban J connectivity index is 1.76. The zero-order valence-electron chi connectivity index (χ0n) is 17.7. The number of thiophene rings is 1. The zero-order chi connectivity index (χ0) is 21.8. The van der Waals surface area contributed by atoms with Crippen LogP contribution in [0.2, 0.25) is 0 Å². The summed E-state index contributed by atoms with van der Waals surface area (Å²) in [5, 5.41) is 7.53. The van der Waals surface area contributed by atoms with E-state index in [4.69, 9.17) is 0 Å². The van der Waals surface area contributed by atoms with Crippen molar-refractivity contribution in [2.75, 3.05) is 10.6 Å². The summed E-state index contributed by atoms with van der Waals surface area (Å²) in [6.45, 7) is 6.21. The van der Waals surface area contributed by atoms with Crippen LogP contribution < -0.4 is 10.6 Å². The molecule has 2 N–H and O–H groups in total. The summed E-state index contributed by atoms with van der Waals surface area (Å²) in [6.07, 6.45) is 5.40. The Morgan fingerprint density at radius 3 is 2.52 bits per heavy atom. The van der Waals surface area contributed by atoms with Crippen LogP contribution in [0.4, 0.5) is 10.8 Å². The number of amides is 1. The van der Waals surface area contributed by atoms with Crippen molar-refractivity contribution < 1.29 is 4.79 Å². The first-order valence-corrected chi connectivity index (χ1v) is 10.9. The lowest BCUT2D eigenvalue weighted by Gasteiger charge is -2.22. The highest BCUT2D eigenvalue weighted by molar-refractivity contribution is 7.16. The molecule has 0 aliphatic carbocycles. The third-order valence-corrected chi connectivity index (χ3v) is 6.35. The second-order valence-corrected chi connectivity index (χ2v) is 8.65. The molecule has 4 rings (SSSR count). The number of carbonyl (C=O) groups excluding carboxylic acids is 1. The molecular formula is C25H24N4OS. The van der Waals surface area contributed by atoms with Crippen LogP contribution in [0.3, 0.4) is 0 Å². The second kappa shape index (κ2) is 9.10. The molecule has 0 aliphatic rings. The number of benzene rings is 1. The number of aryl methyl sites for hydroxylation is 2. The molecule has 156 valence electrons. The van der Waals surface area contributed by atoms with Gasteiger partial charge in [0.1, 0.15) is 10.8 Å². The van der Waals surface area contributed by atoms with E-state index in [2.05, 4.69) is 34.4 Å². The Morgan fingerprint density at radius 1 is 1.00 bits per heavy atom. The number of pyridine rings is 2. The van der Waals surface area contributed by atoms with E-state index in [0.29, 0.717) is 5.56 Å². The van der Waals surface area contributed by atoms with E-state index in [1.807, 2.05) is 67.7 Å². The summed E-state index contributed by atoms with van der Waals surface area (Å²) in [4.78, 5) is 22.9. The van der Waals surface area contributed by atoms with Crippen LogP contribution in [-0.4, -0.2) is 15.9 Å². The van der Waals surface area contributed by atoms with Gasteiger partial charge in [-0.05, 0) is 67.8 Å². The van der Waals surface area contributed by atoms with Gasteiger partial charge in [-0.2, -0.15) is 0 Å². The predicted octanol–water partition coefficient (Wildman–Crippen LogP) is 5.92. The van der Waals surface area contributed by atoms with Crippen LogP contribution in [0.1, 0.15) is 43.5 Å². The molecule has 31 heavy (non-hydrogen) atoms. The Morgan fingerprint density at radius 2 is 1.81 bits per heavy atom. The first kappa shape index (κ1) is 20.8. The molecule has 4 aromatic rings. The number of hydrogen-bond acceptors (Lipinski definition) is 5. The molecule has 3 aromatic heterocycles. The molecule has 0 aliphatic heterocycles. The largest absolute Gasteiger partial charge is 0.359 e. The van der Waals surface area contributed by atoms with Crippen molar-refractivity contribution in [1.82, 2.24) is 9.97 Å². The molecule has 0 saturated heterocycles. The molecule has 3 heterocycles. The summed E-state index contributed by atoms with van der Waals surface area (Å²) in [5.74, 6) is 0.652. The molecule has 0 fully saturated rings. The Kier molecular flexibility index (Phi) is 6.09. The van der Waals surface area contributed by atoms with Gasteiger partial charge in [-0.3, -0.25) is 9.78 Å². The maximum Gasteiger partial charge on any atom is 0.256 e. The average Bonchev–Trinajstić information content (AvgIpc) is 3.06. The Bertz CT molecular complexity index is 1190. The first-order chi connectivity index (χ1) is 15.0. The molecule has 1 amide bonds. The highest BCUT2D eigenvalue weighted by atomic mass is 32.1. The van der Waals surface area contributed by atoms with Gasteiger partial charge in [0, 0.05) is 34.6 Å². The molecule has 0 unspecified atom stereocenters. The van der Waals surface area contributed by atoms with Gasteiger partial charge < -0.3 is 10.6 Å². The zero-order valence-corrected chi connectivity index (χ0v) is 18.5. The molecule has 1 atom stereocenters. The van der Waals surface area contributed by atoms with E-state index in [1.165, 1.54) is 0 Å². The lowest BCUT2D eigenvalue weighted by Crippen LogP contribution is -2.18. The molecule has 5 nitrogen and oxygen atoms in total. The van der Waals surface area contributed by atoms with E-state index >= 15 is 0 Å². The monoisotopic (exact) mass is 428 g/mol. The van der Waals surface area contributed by atoms with E-state index in [-0.39, 0.29) is 11.9 Å². The van der Waals surface area contributed by atoms with Gasteiger partial charge in [-0.15, -0.1) is 11.3 Å². The van der Waals surface area contributed by atoms with Crippen molar-refractivity contribution in [3.63, 3.8) is 0 Å². The number of carbonyl (C=O) groups is 1. The summed E-state index contributed by atoms with van der Waals surface area (Å²) in [5.41, 5.74) is 4.93. The van der Waals surface area contributed by atoms with Crippen LogP contribution >= 0.6 is 11.3 Å². The van der Waals surface area contributed by atoms with Crippen LogP contribution in [0, 0.1) is 20.8 Å². The first-order valence-electron chi connectivity index (χ1n) is 10.1. The molecule has 0 saturated carbocycles. The number of nitrogens with one attached hydrogen (secondary N) is 2. The average molecular weight is 429 g/mol. The van der Waals surface area contributed by atoms with Crippen LogP contribution in [0.25, 0.3) is 0 Å². The SMILES string of the molecule is Cc1ccnc(N[C@@H](c2cccnc2)c2c(NC(=O)c3ccccc3)sc(C)c2C)c1. The number of rotatable bonds is 6. The van der Waals surface area contributed by atoms with Gasteiger partial charge in [0.15, 0.2) is 0 Å². The third kappa shape index (κ3) is 4.64. The van der Waals surface area contributed by atoms with Crippen molar-refractivity contribution in [2.24, 2.45) is 0 Å². The van der Waals surface area contributed by atoms with Gasteiger partial charge in [0.25, 0.3) is 5.91 Å². The number of aromatic nitrogens is 2. The highest BCUT2D eigenvalue weighted by Gasteiger charge is 2.25. The summed E-state index contributed by atoms with van der Waals surface area (Å²) >= 11 is 1.59. The molecule has 6 heteroatoms. The number of nitrogens with zero attached hydrogens (tertiary/aromatic N) is 2. The summed E-state index contributed by atoms with van der Waals surface area (Å²) < 4.78 is 0. The van der Waals surface area contributed by atoms with Crippen LogP contribution in [-0.2, 0) is 0 Å². The lowest BCUT2D eigenvalue weighted by atomic mass is 9.97. The fourth-order valence-electron chi connectivity index (χ4n) is 3.48. The topological polar surface area (TPSA) is 66.9 Å². The predicted molar refractivity (Wildman–Crippen MR) is 127 cm³/mol. The van der Waals surface area contributed by atoms with Gasteiger partial charge in [0.05, 0.1) is 6.04 Å². The number of hydrogen-bond donors (Lipinski definition) is 2. The molecule has 0 spiro atoms. The van der Waals surface area contributed by atoms with E-state index < -0.39 is 0 Å². The van der Waals surface area contributed by atoms with Gasteiger partial charge in [-0.25, -0.2) is 4.98 Å². The van der Waals surface area contributed by atoms with Crippen molar-refractivity contribution in [3.05, 3.63) is 106 Å². The smallest absolute Gasteiger partial charge is 0.256 e. The van der Waals surface area contributed by atoms with Gasteiger partial charge in [0.2, 0.25) is 0 Å². The summed E-state index contributed by atoms with van der Waals surface area (Å²) in [7, 11) is 0. The fraction of sp³-hybridized carbons (Fsp3) is 0.160.